The number of H-pyrrole nitrogens is 1. The van der Waals surface area contributed by atoms with E-state index in [-0.39, 0.29) is 23.5 Å². The fourth-order valence-corrected chi connectivity index (χ4v) is 3.36. The molecule has 1 aromatic carbocycles. The van der Waals surface area contributed by atoms with Gasteiger partial charge in [-0.1, -0.05) is 0 Å². The third-order valence-electron chi connectivity index (χ3n) is 4.80. The molecule has 1 unspecified atom stereocenters. The molecule has 2 heterocycles. The lowest BCUT2D eigenvalue weighted by Gasteiger charge is -2.33. The van der Waals surface area contributed by atoms with Gasteiger partial charge < -0.3 is 19.8 Å². The van der Waals surface area contributed by atoms with Crippen molar-refractivity contribution in [1.82, 2.24) is 15.2 Å². The van der Waals surface area contributed by atoms with Crippen LogP contribution in [0.25, 0.3) is 10.9 Å². The Morgan fingerprint density at radius 3 is 2.89 bits per heavy atom. The van der Waals surface area contributed by atoms with Crippen molar-refractivity contribution < 1.29 is 27.4 Å². The summed E-state index contributed by atoms with van der Waals surface area (Å²) >= 11 is 0. The van der Waals surface area contributed by atoms with Gasteiger partial charge in [0.25, 0.3) is 5.91 Å². The maximum absolute atomic E-state index is 12.4. The molecule has 0 radical (unpaired) electrons. The van der Waals surface area contributed by atoms with Gasteiger partial charge in [0.05, 0.1) is 12.7 Å². The molecule has 0 spiro atoms. The zero-order valence-corrected chi connectivity index (χ0v) is 14.5. The van der Waals surface area contributed by atoms with E-state index in [1.807, 2.05) is 0 Å². The first-order valence-corrected chi connectivity index (χ1v) is 8.90. The lowest BCUT2D eigenvalue weighted by Crippen LogP contribution is -2.48. The lowest BCUT2D eigenvalue weighted by atomic mass is 10.2. The lowest BCUT2D eigenvalue weighted by molar-refractivity contribution is -0.274. The number of hydrogen-bond donors (Lipinski definition) is 2. The number of ether oxygens (including phenoxy) is 2. The van der Waals surface area contributed by atoms with Crippen LogP contribution in [0, 0.1) is 0 Å². The highest BCUT2D eigenvalue weighted by atomic mass is 19.4. The predicted octanol–water partition coefficient (Wildman–Crippen LogP) is 2.66. The fraction of sp³-hybridized carbons (Fsp3) is 0.500. The van der Waals surface area contributed by atoms with E-state index in [9.17, 15) is 18.0 Å². The van der Waals surface area contributed by atoms with Crippen LogP contribution >= 0.6 is 0 Å². The van der Waals surface area contributed by atoms with E-state index in [0.717, 1.165) is 13.1 Å². The first-order valence-electron chi connectivity index (χ1n) is 8.90. The molecule has 2 aromatic rings. The Morgan fingerprint density at radius 2 is 2.15 bits per heavy atom. The first-order chi connectivity index (χ1) is 12.9. The molecule has 1 aromatic heterocycles. The molecule has 1 atom stereocenters. The van der Waals surface area contributed by atoms with Gasteiger partial charge in [0.15, 0.2) is 0 Å². The Hall–Kier alpha value is -2.26. The summed E-state index contributed by atoms with van der Waals surface area (Å²) in [5.74, 6) is -0.656. The number of carbonyl (C=O) groups is 1. The third kappa shape index (κ3) is 4.54. The van der Waals surface area contributed by atoms with Gasteiger partial charge in [0.1, 0.15) is 11.4 Å². The van der Waals surface area contributed by atoms with E-state index in [2.05, 4.69) is 19.9 Å². The molecule has 1 saturated heterocycles. The van der Waals surface area contributed by atoms with Crippen molar-refractivity contribution in [2.45, 2.75) is 31.3 Å². The van der Waals surface area contributed by atoms with E-state index in [1.54, 1.807) is 6.07 Å². The second-order valence-electron chi connectivity index (χ2n) is 6.91. The van der Waals surface area contributed by atoms with Crippen molar-refractivity contribution in [3.8, 4) is 5.75 Å². The molecule has 1 aliphatic carbocycles. The van der Waals surface area contributed by atoms with E-state index in [0.29, 0.717) is 30.1 Å². The van der Waals surface area contributed by atoms with Crippen LogP contribution < -0.4 is 10.1 Å². The number of nitrogens with one attached hydrogen (secondary N) is 2. The van der Waals surface area contributed by atoms with Gasteiger partial charge in [-0.2, -0.15) is 0 Å². The zero-order chi connectivity index (χ0) is 19.0. The molecule has 0 bridgehead atoms. The second kappa shape index (κ2) is 7.05. The summed E-state index contributed by atoms with van der Waals surface area (Å²) in [5, 5.41) is 3.46. The van der Waals surface area contributed by atoms with E-state index in [4.69, 9.17) is 4.74 Å². The minimum Gasteiger partial charge on any atom is -0.406 e. The molecule has 1 aliphatic heterocycles. The maximum Gasteiger partial charge on any atom is 0.573 e. The molecule has 2 aliphatic rings. The summed E-state index contributed by atoms with van der Waals surface area (Å²) < 4.78 is 46.6. The third-order valence-corrected chi connectivity index (χ3v) is 4.80. The molecule has 2 N–H and O–H groups in total. The van der Waals surface area contributed by atoms with Gasteiger partial charge in [-0.3, -0.25) is 9.69 Å². The van der Waals surface area contributed by atoms with E-state index in [1.165, 1.54) is 31.0 Å². The van der Waals surface area contributed by atoms with Gasteiger partial charge in [0.2, 0.25) is 0 Å². The van der Waals surface area contributed by atoms with E-state index < -0.39 is 6.36 Å². The molecule has 2 fully saturated rings. The Kier molecular flexibility index (Phi) is 4.73. The number of nitrogens with zero attached hydrogens (tertiary/aromatic N) is 1. The normalized spacial score (nSPS) is 21.4. The minimum absolute atomic E-state index is 0.0560. The fourth-order valence-electron chi connectivity index (χ4n) is 3.36. The van der Waals surface area contributed by atoms with Gasteiger partial charge in [-0.15, -0.1) is 13.2 Å². The highest BCUT2D eigenvalue weighted by Gasteiger charge is 2.33. The Balaban J connectivity index is 1.37. The molecular weight excluding hydrogens is 363 g/mol. The van der Waals surface area contributed by atoms with Gasteiger partial charge >= 0.3 is 6.36 Å². The Morgan fingerprint density at radius 1 is 1.33 bits per heavy atom. The molecule has 1 amide bonds. The molecular formula is C18H20F3N3O3. The first kappa shape index (κ1) is 18.1. The van der Waals surface area contributed by atoms with Crippen molar-refractivity contribution in [3.05, 3.63) is 30.0 Å². The number of halogens is 3. The van der Waals surface area contributed by atoms with Crippen LogP contribution in [0.5, 0.6) is 5.75 Å². The Labute approximate surface area is 153 Å². The second-order valence-corrected chi connectivity index (χ2v) is 6.91. The molecule has 6 nitrogen and oxygen atoms in total. The molecule has 146 valence electrons. The maximum atomic E-state index is 12.4. The summed E-state index contributed by atoms with van der Waals surface area (Å²) in [5.41, 5.74) is 0.680. The van der Waals surface area contributed by atoms with Crippen LogP contribution in [-0.2, 0) is 4.74 Å². The number of alkyl halides is 3. The minimum atomic E-state index is -4.76. The van der Waals surface area contributed by atoms with Crippen molar-refractivity contribution >= 4 is 16.8 Å². The number of aromatic amines is 1. The zero-order valence-electron chi connectivity index (χ0n) is 14.5. The highest BCUT2D eigenvalue weighted by molar-refractivity contribution is 5.98. The summed E-state index contributed by atoms with van der Waals surface area (Å²) in [7, 11) is 0. The summed E-state index contributed by atoms with van der Waals surface area (Å²) in [6, 6.07) is 6.17. The number of aromatic nitrogens is 1. The number of morpholine rings is 1. The van der Waals surface area contributed by atoms with Crippen LogP contribution in [-0.4, -0.2) is 60.5 Å². The summed E-state index contributed by atoms with van der Waals surface area (Å²) in [4.78, 5) is 17.6. The van der Waals surface area contributed by atoms with Gasteiger partial charge in [-0.25, -0.2) is 0 Å². The predicted molar refractivity (Wildman–Crippen MR) is 91.6 cm³/mol. The average Bonchev–Trinajstić information content (AvgIpc) is 3.38. The average molecular weight is 383 g/mol. The number of hydrogen-bond acceptors (Lipinski definition) is 4. The molecule has 1 saturated carbocycles. The quantitative estimate of drug-likeness (QED) is 0.833. The smallest absolute Gasteiger partial charge is 0.406 e. The molecule has 9 heteroatoms. The standard InChI is InChI=1S/C18H20F3N3O3/c19-18(20,21)27-13-4-1-11-7-16(23-15(11)8-13)17(25)22-9-14-10-24(5-6-26-14)12-2-3-12/h1,4,7-8,12,14,23H,2-3,5-6,9-10H2,(H,22,25). The number of rotatable bonds is 5. The molecule has 27 heavy (non-hydrogen) atoms. The van der Waals surface area contributed by atoms with Crippen molar-refractivity contribution in [2.24, 2.45) is 0 Å². The van der Waals surface area contributed by atoms with Crippen molar-refractivity contribution in [2.75, 3.05) is 26.2 Å². The van der Waals surface area contributed by atoms with E-state index >= 15 is 0 Å². The largest absolute Gasteiger partial charge is 0.573 e. The van der Waals surface area contributed by atoms with Crippen LogP contribution in [0.4, 0.5) is 13.2 Å². The van der Waals surface area contributed by atoms with Crippen LogP contribution in [0.1, 0.15) is 23.3 Å². The summed E-state index contributed by atoms with van der Waals surface area (Å²) in [6.07, 6.45) is -2.35. The van der Waals surface area contributed by atoms with Crippen LogP contribution in [0.15, 0.2) is 24.3 Å². The summed E-state index contributed by atoms with van der Waals surface area (Å²) in [6.45, 7) is 2.78. The van der Waals surface area contributed by atoms with Crippen LogP contribution in [0.3, 0.4) is 0 Å². The van der Waals surface area contributed by atoms with Gasteiger partial charge in [0, 0.05) is 42.6 Å². The highest BCUT2D eigenvalue weighted by Crippen LogP contribution is 2.28. The van der Waals surface area contributed by atoms with Gasteiger partial charge in [-0.05, 0) is 31.0 Å². The number of amides is 1. The van der Waals surface area contributed by atoms with Crippen molar-refractivity contribution in [1.29, 1.82) is 0 Å². The number of fused-ring (bicyclic) bond motifs is 1. The van der Waals surface area contributed by atoms with Crippen molar-refractivity contribution in [3.63, 3.8) is 0 Å². The molecule has 4 rings (SSSR count). The Bertz CT molecular complexity index is 832. The number of benzene rings is 1. The SMILES string of the molecule is O=C(NCC1CN(C2CC2)CCO1)c1cc2ccc(OC(F)(F)F)cc2[nH]1. The monoisotopic (exact) mass is 383 g/mol. The van der Waals surface area contributed by atoms with Crippen LogP contribution in [0.2, 0.25) is 0 Å². The number of carbonyl (C=O) groups excluding carboxylic acids is 1. The topological polar surface area (TPSA) is 66.6 Å².